The highest BCUT2D eigenvalue weighted by molar-refractivity contribution is 7.89. The summed E-state index contributed by atoms with van der Waals surface area (Å²) in [7, 11) is -3.54. The summed E-state index contributed by atoms with van der Waals surface area (Å²) in [6, 6.07) is 3.35. The zero-order valence-corrected chi connectivity index (χ0v) is 13.4. The van der Waals surface area contributed by atoms with E-state index in [2.05, 4.69) is 4.72 Å². The number of nitrogens with two attached hydrogens (primary N) is 1. The van der Waals surface area contributed by atoms with Crippen molar-refractivity contribution < 1.29 is 13.5 Å². The van der Waals surface area contributed by atoms with Gasteiger partial charge in [0.15, 0.2) is 0 Å². The van der Waals surface area contributed by atoms with E-state index in [1.807, 2.05) is 0 Å². The summed E-state index contributed by atoms with van der Waals surface area (Å²) in [5.74, 6) is 0.206. The second-order valence-corrected chi connectivity index (χ2v) is 7.73. The van der Waals surface area contributed by atoms with Gasteiger partial charge in [-0.25, -0.2) is 13.1 Å². The molecule has 0 heterocycles. The van der Waals surface area contributed by atoms with Gasteiger partial charge in [-0.3, -0.25) is 0 Å². The minimum absolute atomic E-state index is 0.206. The van der Waals surface area contributed by atoms with Crippen molar-refractivity contribution in [2.45, 2.75) is 50.5 Å². The topological polar surface area (TPSA) is 92.4 Å². The summed E-state index contributed by atoms with van der Waals surface area (Å²) in [6.45, 7) is 3.88. The first-order valence-corrected chi connectivity index (χ1v) is 8.82. The third-order valence-corrected chi connectivity index (χ3v) is 5.80. The van der Waals surface area contributed by atoms with Crippen LogP contribution in [0.1, 0.15) is 36.8 Å². The predicted octanol–water partition coefficient (Wildman–Crippen LogP) is 1.72. The summed E-state index contributed by atoms with van der Waals surface area (Å²) in [5, 5.41) is 9.65. The fourth-order valence-electron chi connectivity index (χ4n) is 3.16. The molecule has 2 atom stereocenters. The molecule has 1 saturated carbocycles. The Balaban J connectivity index is 2.12. The molecule has 0 aromatic heterocycles. The van der Waals surface area contributed by atoms with Gasteiger partial charge in [0, 0.05) is 12.2 Å². The zero-order chi connectivity index (χ0) is 15.6. The molecule has 0 bridgehead atoms. The van der Waals surface area contributed by atoms with Crippen molar-refractivity contribution in [2.24, 2.45) is 5.92 Å². The second-order valence-electron chi connectivity index (χ2n) is 6.02. The predicted molar refractivity (Wildman–Crippen MR) is 83.5 cm³/mol. The molecule has 1 fully saturated rings. The van der Waals surface area contributed by atoms with Crippen LogP contribution in [-0.4, -0.2) is 26.2 Å². The maximum atomic E-state index is 12.5. The van der Waals surface area contributed by atoms with E-state index in [0.717, 1.165) is 19.3 Å². The molecule has 1 aromatic rings. The van der Waals surface area contributed by atoms with E-state index < -0.39 is 10.0 Å². The maximum Gasteiger partial charge on any atom is 0.241 e. The average Bonchev–Trinajstić information content (AvgIpc) is 2.35. The molecule has 1 aliphatic rings. The lowest BCUT2D eigenvalue weighted by Gasteiger charge is -2.26. The van der Waals surface area contributed by atoms with Crippen LogP contribution >= 0.6 is 0 Å². The molecule has 0 amide bonds. The first-order valence-electron chi connectivity index (χ1n) is 7.34. The van der Waals surface area contributed by atoms with Crippen molar-refractivity contribution >= 4 is 15.7 Å². The lowest BCUT2D eigenvalue weighted by molar-refractivity contribution is 0.102. The number of anilines is 1. The molecule has 6 heteroatoms. The number of sulfonamides is 1. The highest BCUT2D eigenvalue weighted by atomic mass is 32.2. The van der Waals surface area contributed by atoms with Crippen molar-refractivity contribution in [3.8, 4) is 0 Å². The monoisotopic (exact) mass is 312 g/mol. The molecule has 21 heavy (non-hydrogen) atoms. The van der Waals surface area contributed by atoms with Crippen molar-refractivity contribution in [2.75, 3.05) is 12.3 Å². The standard InChI is InChI=1S/C15H24N2O3S/c1-10-6-13(16)7-11(2)15(10)21(19,20)17-9-12-4-3-5-14(18)8-12/h6-7,12,14,17-18H,3-5,8-9,16H2,1-2H3. The first-order chi connectivity index (χ1) is 9.79. The van der Waals surface area contributed by atoms with Gasteiger partial charge < -0.3 is 10.8 Å². The number of aliphatic hydroxyl groups is 1. The largest absolute Gasteiger partial charge is 0.399 e. The van der Waals surface area contributed by atoms with Gasteiger partial charge in [-0.1, -0.05) is 6.42 Å². The number of nitrogen functional groups attached to an aromatic ring is 1. The summed E-state index contributed by atoms with van der Waals surface area (Å²) in [5.41, 5.74) is 7.62. The third kappa shape index (κ3) is 3.96. The summed E-state index contributed by atoms with van der Waals surface area (Å²) >= 11 is 0. The molecule has 1 aliphatic carbocycles. The normalized spacial score (nSPS) is 23.2. The quantitative estimate of drug-likeness (QED) is 0.738. The lowest BCUT2D eigenvalue weighted by atomic mass is 9.87. The number of aryl methyl sites for hydroxylation is 2. The number of hydrogen-bond acceptors (Lipinski definition) is 4. The fourth-order valence-corrected chi connectivity index (χ4v) is 4.72. The van der Waals surface area contributed by atoms with Crippen molar-refractivity contribution in [1.29, 1.82) is 0 Å². The molecular formula is C15H24N2O3S. The molecule has 2 unspecified atom stereocenters. The van der Waals surface area contributed by atoms with Gasteiger partial charge in [0.1, 0.15) is 0 Å². The Morgan fingerprint density at radius 1 is 1.29 bits per heavy atom. The smallest absolute Gasteiger partial charge is 0.241 e. The summed E-state index contributed by atoms with van der Waals surface area (Å²) in [4.78, 5) is 0.313. The van der Waals surface area contributed by atoms with Crippen LogP contribution in [0.25, 0.3) is 0 Å². The van der Waals surface area contributed by atoms with Gasteiger partial charge in [0.25, 0.3) is 0 Å². The van der Waals surface area contributed by atoms with E-state index in [-0.39, 0.29) is 12.0 Å². The minimum atomic E-state index is -3.54. The zero-order valence-electron chi connectivity index (χ0n) is 12.6. The van der Waals surface area contributed by atoms with E-state index in [4.69, 9.17) is 5.73 Å². The van der Waals surface area contributed by atoms with Crippen LogP contribution in [-0.2, 0) is 10.0 Å². The summed E-state index contributed by atoms with van der Waals surface area (Å²) < 4.78 is 27.7. The van der Waals surface area contributed by atoms with Gasteiger partial charge in [-0.15, -0.1) is 0 Å². The highest BCUT2D eigenvalue weighted by Crippen LogP contribution is 2.26. The van der Waals surface area contributed by atoms with Crippen LogP contribution in [0, 0.1) is 19.8 Å². The Morgan fingerprint density at radius 2 is 1.90 bits per heavy atom. The molecule has 4 N–H and O–H groups in total. The first kappa shape index (κ1) is 16.3. The lowest BCUT2D eigenvalue weighted by Crippen LogP contribution is -2.33. The number of aliphatic hydroxyl groups excluding tert-OH is 1. The van der Waals surface area contributed by atoms with E-state index >= 15 is 0 Å². The van der Waals surface area contributed by atoms with Gasteiger partial charge >= 0.3 is 0 Å². The molecule has 0 saturated heterocycles. The van der Waals surface area contributed by atoms with Crippen molar-refractivity contribution in [3.63, 3.8) is 0 Å². The molecule has 118 valence electrons. The van der Waals surface area contributed by atoms with Crippen LogP contribution in [0.2, 0.25) is 0 Å². The Bertz CT molecular complexity index is 590. The maximum absolute atomic E-state index is 12.5. The Labute approximate surface area is 126 Å². The van der Waals surface area contributed by atoms with E-state index in [0.29, 0.717) is 34.7 Å². The second kappa shape index (κ2) is 6.34. The van der Waals surface area contributed by atoms with Gasteiger partial charge in [-0.05, 0) is 62.3 Å². The Morgan fingerprint density at radius 3 is 2.48 bits per heavy atom. The molecule has 2 rings (SSSR count). The average molecular weight is 312 g/mol. The van der Waals surface area contributed by atoms with Gasteiger partial charge in [0.2, 0.25) is 10.0 Å². The van der Waals surface area contributed by atoms with Crippen LogP contribution < -0.4 is 10.5 Å². The number of benzene rings is 1. The number of nitrogens with one attached hydrogen (secondary N) is 1. The summed E-state index contributed by atoms with van der Waals surface area (Å²) in [6.07, 6.45) is 3.10. The number of rotatable bonds is 4. The third-order valence-electron chi connectivity index (χ3n) is 4.07. The molecule has 0 spiro atoms. The Hall–Kier alpha value is -1.11. The van der Waals surface area contributed by atoms with Crippen molar-refractivity contribution in [1.82, 2.24) is 4.72 Å². The van der Waals surface area contributed by atoms with E-state index in [1.54, 1.807) is 26.0 Å². The number of hydrogen-bond donors (Lipinski definition) is 3. The minimum Gasteiger partial charge on any atom is -0.399 e. The fraction of sp³-hybridized carbons (Fsp3) is 0.600. The van der Waals surface area contributed by atoms with E-state index in [1.165, 1.54) is 0 Å². The van der Waals surface area contributed by atoms with Crippen LogP contribution in [0.5, 0.6) is 0 Å². The van der Waals surface area contributed by atoms with Gasteiger partial charge in [-0.2, -0.15) is 0 Å². The van der Waals surface area contributed by atoms with Gasteiger partial charge in [0.05, 0.1) is 11.0 Å². The van der Waals surface area contributed by atoms with Crippen LogP contribution in [0.3, 0.4) is 0 Å². The molecular weight excluding hydrogens is 288 g/mol. The highest BCUT2D eigenvalue weighted by Gasteiger charge is 2.24. The van der Waals surface area contributed by atoms with E-state index in [9.17, 15) is 13.5 Å². The van der Waals surface area contributed by atoms with Crippen LogP contribution in [0.4, 0.5) is 5.69 Å². The Kier molecular flexibility index (Phi) is 4.91. The van der Waals surface area contributed by atoms with Crippen LogP contribution in [0.15, 0.2) is 17.0 Å². The SMILES string of the molecule is Cc1cc(N)cc(C)c1S(=O)(=O)NCC1CCCC(O)C1. The molecule has 1 aromatic carbocycles. The van der Waals surface area contributed by atoms with Crippen molar-refractivity contribution in [3.05, 3.63) is 23.3 Å². The molecule has 0 radical (unpaired) electrons. The molecule has 0 aliphatic heterocycles. The molecule has 5 nitrogen and oxygen atoms in total.